The molecule has 1 aromatic carbocycles. The molecule has 2 fully saturated rings. The van der Waals surface area contributed by atoms with Gasteiger partial charge in [0.25, 0.3) is 0 Å². The van der Waals surface area contributed by atoms with Crippen LogP contribution in [0.15, 0.2) is 30.6 Å². The van der Waals surface area contributed by atoms with Crippen LogP contribution in [0.1, 0.15) is 30.6 Å². The summed E-state index contributed by atoms with van der Waals surface area (Å²) >= 11 is 1.38. The second-order valence-corrected chi connectivity index (χ2v) is 9.81. The number of aromatic nitrogens is 5. The lowest BCUT2D eigenvalue weighted by Gasteiger charge is -2.32. The van der Waals surface area contributed by atoms with E-state index in [9.17, 15) is 8.78 Å². The molecule has 8 nitrogen and oxygen atoms in total. The number of ether oxygens (including phenoxy) is 1. The Labute approximate surface area is 198 Å². The molecule has 6 rings (SSSR count). The number of halogens is 2. The third-order valence-electron chi connectivity index (χ3n) is 6.06. The third-order valence-corrected chi connectivity index (χ3v) is 7.28. The first kappa shape index (κ1) is 21.4. The van der Waals surface area contributed by atoms with Crippen molar-refractivity contribution in [3.05, 3.63) is 47.8 Å². The van der Waals surface area contributed by atoms with Gasteiger partial charge in [-0.1, -0.05) is 11.3 Å². The van der Waals surface area contributed by atoms with Crippen molar-refractivity contribution in [1.82, 2.24) is 24.7 Å². The first-order chi connectivity index (χ1) is 16.5. The summed E-state index contributed by atoms with van der Waals surface area (Å²) in [4.78, 5) is 18.0. The Kier molecular flexibility index (Phi) is 5.18. The molecule has 2 aliphatic rings. The number of thiazole rings is 1. The van der Waals surface area contributed by atoms with E-state index in [-0.39, 0.29) is 11.7 Å². The molecule has 1 atom stereocenters. The number of benzene rings is 1. The first-order valence-electron chi connectivity index (χ1n) is 11.2. The van der Waals surface area contributed by atoms with E-state index < -0.39 is 11.6 Å². The minimum Gasteiger partial charge on any atom is -0.370 e. The SMILES string of the molecule is CN(C)c1nc2nc(N3CCO[C@H](c4cnn(C5CC5)c4)C3)nc(-c3ccc(F)cc3F)c2s1. The summed E-state index contributed by atoms with van der Waals surface area (Å²) in [5, 5.41) is 5.22. The maximum absolute atomic E-state index is 14.8. The van der Waals surface area contributed by atoms with Crippen LogP contribution in [0.4, 0.5) is 19.9 Å². The van der Waals surface area contributed by atoms with Gasteiger partial charge in [-0.25, -0.2) is 13.8 Å². The van der Waals surface area contributed by atoms with Gasteiger partial charge in [0.05, 0.1) is 31.1 Å². The molecule has 1 saturated heterocycles. The monoisotopic (exact) mass is 483 g/mol. The quantitative estimate of drug-likeness (QED) is 0.421. The van der Waals surface area contributed by atoms with Crippen LogP contribution in [0.5, 0.6) is 0 Å². The molecule has 1 aliphatic carbocycles. The molecule has 0 radical (unpaired) electrons. The summed E-state index contributed by atoms with van der Waals surface area (Å²) in [5.41, 5.74) is 2.14. The van der Waals surface area contributed by atoms with Crippen LogP contribution in [0, 0.1) is 11.6 Å². The van der Waals surface area contributed by atoms with Crippen LogP contribution in [0.2, 0.25) is 0 Å². The molecule has 0 N–H and O–H groups in total. The first-order valence-corrected chi connectivity index (χ1v) is 12.0. The Morgan fingerprint density at radius 1 is 1.15 bits per heavy atom. The highest BCUT2D eigenvalue weighted by Crippen LogP contribution is 2.38. The van der Waals surface area contributed by atoms with Gasteiger partial charge in [0.1, 0.15) is 22.4 Å². The van der Waals surface area contributed by atoms with Crippen molar-refractivity contribution >= 4 is 32.8 Å². The molecule has 1 saturated carbocycles. The van der Waals surface area contributed by atoms with Crippen molar-refractivity contribution < 1.29 is 13.5 Å². The lowest BCUT2D eigenvalue weighted by atomic mass is 10.1. The Balaban J connectivity index is 1.39. The van der Waals surface area contributed by atoms with Gasteiger partial charge < -0.3 is 14.5 Å². The number of nitrogens with zero attached hydrogens (tertiary/aromatic N) is 7. The van der Waals surface area contributed by atoms with Crippen molar-refractivity contribution in [2.75, 3.05) is 43.6 Å². The minimum atomic E-state index is -0.668. The van der Waals surface area contributed by atoms with Gasteiger partial charge in [-0.15, -0.1) is 0 Å². The highest BCUT2D eigenvalue weighted by molar-refractivity contribution is 7.22. The second kappa shape index (κ2) is 8.24. The van der Waals surface area contributed by atoms with Gasteiger partial charge in [-0.2, -0.15) is 15.1 Å². The van der Waals surface area contributed by atoms with E-state index in [4.69, 9.17) is 14.7 Å². The molecule has 176 valence electrons. The fourth-order valence-corrected chi connectivity index (χ4v) is 5.02. The van der Waals surface area contributed by atoms with Gasteiger partial charge in [0.15, 0.2) is 10.8 Å². The highest BCUT2D eigenvalue weighted by atomic mass is 32.1. The van der Waals surface area contributed by atoms with Crippen molar-refractivity contribution in [1.29, 1.82) is 0 Å². The molecular formula is C23H23F2N7OS. The number of morpholine rings is 1. The van der Waals surface area contributed by atoms with Crippen molar-refractivity contribution in [2.45, 2.75) is 25.0 Å². The maximum atomic E-state index is 14.8. The fourth-order valence-electron chi connectivity index (χ4n) is 4.09. The summed E-state index contributed by atoms with van der Waals surface area (Å²) in [7, 11) is 3.77. The van der Waals surface area contributed by atoms with Crippen LogP contribution < -0.4 is 9.80 Å². The van der Waals surface area contributed by atoms with Crippen LogP contribution in [-0.2, 0) is 4.74 Å². The van der Waals surface area contributed by atoms with Crippen molar-refractivity contribution in [3.63, 3.8) is 0 Å². The Hall–Kier alpha value is -3.18. The predicted octanol–water partition coefficient (Wildman–Crippen LogP) is 4.21. The molecule has 3 aromatic heterocycles. The average molecular weight is 484 g/mol. The van der Waals surface area contributed by atoms with Crippen molar-refractivity contribution in [3.8, 4) is 11.3 Å². The van der Waals surface area contributed by atoms with Crippen LogP contribution in [0.25, 0.3) is 21.6 Å². The molecule has 4 heterocycles. The molecule has 11 heteroatoms. The highest BCUT2D eigenvalue weighted by Gasteiger charge is 2.29. The number of rotatable bonds is 5. The molecule has 0 spiro atoms. The predicted molar refractivity (Wildman–Crippen MR) is 126 cm³/mol. The Morgan fingerprint density at radius 3 is 2.76 bits per heavy atom. The summed E-state index contributed by atoms with van der Waals surface area (Å²) in [6, 6.07) is 4.03. The molecule has 34 heavy (non-hydrogen) atoms. The third kappa shape index (κ3) is 3.88. The zero-order valence-electron chi connectivity index (χ0n) is 18.8. The smallest absolute Gasteiger partial charge is 0.228 e. The van der Waals surface area contributed by atoms with E-state index in [1.54, 1.807) is 0 Å². The number of anilines is 2. The zero-order valence-corrected chi connectivity index (χ0v) is 19.6. The summed E-state index contributed by atoms with van der Waals surface area (Å²) in [6.07, 6.45) is 6.08. The minimum absolute atomic E-state index is 0.167. The lowest BCUT2D eigenvalue weighted by molar-refractivity contribution is 0.0392. The zero-order chi connectivity index (χ0) is 23.4. The van der Waals surface area contributed by atoms with Gasteiger partial charge >= 0.3 is 0 Å². The average Bonchev–Trinajstić information content (AvgIpc) is 3.38. The normalized spacial score (nSPS) is 18.6. The van der Waals surface area contributed by atoms with Crippen LogP contribution in [0.3, 0.4) is 0 Å². The van der Waals surface area contributed by atoms with E-state index >= 15 is 0 Å². The lowest BCUT2D eigenvalue weighted by Crippen LogP contribution is -2.39. The van der Waals surface area contributed by atoms with Crippen LogP contribution in [-0.4, -0.2) is 58.5 Å². The topological polar surface area (TPSA) is 72.2 Å². The summed E-state index contributed by atoms with van der Waals surface area (Å²) < 4.78 is 37.1. The number of hydrogen-bond acceptors (Lipinski definition) is 8. The Bertz CT molecular complexity index is 1370. The van der Waals surface area contributed by atoms with E-state index in [1.807, 2.05) is 34.8 Å². The molecule has 4 aromatic rings. The van der Waals surface area contributed by atoms with E-state index in [2.05, 4.69) is 16.3 Å². The summed E-state index contributed by atoms with van der Waals surface area (Å²) in [6.45, 7) is 1.63. The van der Waals surface area contributed by atoms with E-state index in [1.165, 1.54) is 23.5 Å². The van der Waals surface area contributed by atoms with Gasteiger partial charge in [-0.3, -0.25) is 4.68 Å². The molecular weight excluding hydrogens is 460 g/mol. The molecule has 1 aliphatic heterocycles. The maximum Gasteiger partial charge on any atom is 0.228 e. The van der Waals surface area contributed by atoms with Crippen molar-refractivity contribution in [2.24, 2.45) is 0 Å². The number of fused-ring (bicyclic) bond motifs is 1. The van der Waals surface area contributed by atoms with Gasteiger partial charge in [-0.05, 0) is 25.0 Å². The molecule has 0 bridgehead atoms. The van der Waals surface area contributed by atoms with E-state index in [0.29, 0.717) is 47.7 Å². The largest absolute Gasteiger partial charge is 0.370 e. The number of hydrogen-bond donors (Lipinski definition) is 0. The fraction of sp³-hybridized carbons (Fsp3) is 0.391. The molecule has 0 amide bonds. The van der Waals surface area contributed by atoms with Gasteiger partial charge in [0, 0.05) is 44.0 Å². The Morgan fingerprint density at radius 2 is 2.00 bits per heavy atom. The van der Waals surface area contributed by atoms with Crippen LogP contribution >= 0.6 is 11.3 Å². The summed E-state index contributed by atoms with van der Waals surface area (Å²) in [5.74, 6) is -0.851. The molecule has 0 unspecified atom stereocenters. The standard InChI is InChI=1S/C23H23F2N7OS/c1-30(2)23-29-21-20(34-23)19(16-6-3-14(24)9-17(16)25)27-22(28-21)31-7-8-33-18(12-31)13-10-26-32(11-13)15-4-5-15/h3,6,9-11,15,18H,4-5,7-8,12H2,1-2H3/t18-/m0/s1. The second-order valence-electron chi connectivity index (χ2n) is 8.83. The van der Waals surface area contributed by atoms with Gasteiger partial charge in [0.2, 0.25) is 5.95 Å². The van der Waals surface area contributed by atoms with E-state index in [0.717, 1.165) is 29.6 Å².